The van der Waals surface area contributed by atoms with E-state index in [-0.39, 0.29) is 12.6 Å². The molecule has 0 fully saturated rings. The third-order valence-electron chi connectivity index (χ3n) is 2.66. The molecule has 1 atom stereocenters. The van der Waals surface area contributed by atoms with Crippen LogP contribution in [0.4, 0.5) is 0 Å². The average molecular weight is 201 g/mol. The normalized spacial score (nSPS) is 13.1. The number of nitrogens with two attached hydrogens (primary N) is 1. The Balaban J connectivity index is 2.92. The Bertz CT molecular complexity index is 106. The predicted molar refractivity (Wildman–Crippen MR) is 62.3 cm³/mol. The number of aliphatic hydroxyl groups excluding tert-OH is 1. The van der Waals surface area contributed by atoms with E-state index in [9.17, 15) is 0 Å². The minimum absolute atomic E-state index is 0.00934. The molecule has 0 amide bonds. The Morgan fingerprint density at radius 1 is 0.929 bits per heavy atom. The highest BCUT2D eigenvalue weighted by Crippen LogP contribution is 2.09. The first kappa shape index (κ1) is 13.9. The maximum absolute atomic E-state index is 8.71. The van der Waals surface area contributed by atoms with Crippen molar-refractivity contribution in [1.82, 2.24) is 0 Å². The van der Waals surface area contributed by atoms with Gasteiger partial charge in [-0.25, -0.2) is 0 Å². The highest BCUT2D eigenvalue weighted by atomic mass is 16.3. The summed E-state index contributed by atoms with van der Waals surface area (Å²) in [6, 6.07) is 0.00934. The lowest BCUT2D eigenvalue weighted by molar-refractivity contribution is 0.257. The summed E-state index contributed by atoms with van der Waals surface area (Å²) in [4.78, 5) is 0. The summed E-state index contributed by atoms with van der Waals surface area (Å²) in [5.74, 6) is 0. The number of hydrogen-bond donors (Lipinski definition) is 2. The van der Waals surface area contributed by atoms with E-state index < -0.39 is 0 Å². The molecule has 0 heterocycles. The van der Waals surface area contributed by atoms with Gasteiger partial charge < -0.3 is 10.8 Å². The smallest absolute Gasteiger partial charge is 0.0582 e. The second-order valence-electron chi connectivity index (χ2n) is 4.21. The summed E-state index contributed by atoms with van der Waals surface area (Å²) in [6.07, 6.45) is 11.6. The molecule has 0 radical (unpaired) electrons. The van der Waals surface area contributed by atoms with E-state index in [1.807, 2.05) is 0 Å². The molecule has 86 valence electrons. The zero-order chi connectivity index (χ0) is 10.6. The maximum atomic E-state index is 8.71. The molecule has 0 aliphatic rings. The van der Waals surface area contributed by atoms with Gasteiger partial charge in [0.25, 0.3) is 0 Å². The third kappa shape index (κ3) is 10.0. The van der Waals surface area contributed by atoms with Crippen molar-refractivity contribution in [3.63, 3.8) is 0 Å². The number of aliphatic hydroxyl groups is 1. The van der Waals surface area contributed by atoms with Gasteiger partial charge in [0.2, 0.25) is 0 Å². The van der Waals surface area contributed by atoms with Crippen LogP contribution in [0.2, 0.25) is 0 Å². The van der Waals surface area contributed by atoms with Crippen molar-refractivity contribution in [3.05, 3.63) is 0 Å². The topological polar surface area (TPSA) is 46.2 Å². The first-order valence-electron chi connectivity index (χ1n) is 6.17. The van der Waals surface area contributed by atoms with Crippen molar-refractivity contribution in [2.75, 3.05) is 6.61 Å². The van der Waals surface area contributed by atoms with Crippen LogP contribution in [-0.4, -0.2) is 17.8 Å². The van der Waals surface area contributed by atoms with Crippen molar-refractivity contribution in [3.8, 4) is 0 Å². The minimum Gasteiger partial charge on any atom is -0.395 e. The molecule has 0 aliphatic carbocycles. The SMILES string of the molecule is CCCCCCCCCCC(N)CO. The fraction of sp³-hybridized carbons (Fsp3) is 1.00. The maximum Gasteiger partial charge on any atom is 0.0582 e. The van der Waals surface area contributed by atoms with Gasteiger partial charge in [-0.1, -0.05) is 58.3 Å². The van der Waals surface area contributed by atoms with Crippen LogP contribution in [0.25, 0.3) is 0 Å². The molecule has 3 N–H and O–H groups in total. The highest BCUT2D eigenvalue weighted by molar-refractivity contribution is 4.58. The molecule has 14 heavy (non-hydrogen) atoms. The van der Waals surface area contributed by atoms with Crippen molar-refractivity contribution in [1.29, 1.82) is 0 Å². The quantitative estimate of drug-likeness (QED) is 0.534. The van der Waals surface area contributed by atoms with Crippen LogP contribution in [0, 0.1) is 0 Å². The summed E-state index contributed by atoms with van der Waals surface area (Å²) in [7, 11) is 0. The number of hydrogen-bond acceptors (Lipinski definition) is 2. The second kappa shape index (κ2) is 11.0. The van der Waals surface area contributed by atoms with Gasteiger partial charge >= 0.3 is 0 Å². The van der Waals surface area contributed by atoms with Crippen molar-refractivity contribution in [2.24, 2.45) is 5.73 Å². The fourth-order valence-electron chi connectivity index (χ4n) is 1.63. The predicted octanol–water partition coefficient (Wildman–Crippen LogP) is 2.84. The molecule has 0 aliphatic heterocycles. The van der Waals surface area contributed by atoms with Gasteiger partial charge in [-0.2, -0.15) is 0 Å². The van der Waals surface area contributed by atoms with Gasteiger partial charge in [-0.05, 0) is 6.42 Å². The molecular weight excluding hydrogens is 174 g/mol. The van der Waals surface area contributed by atoms with Gasteiger partial charge in [-0.15, -0.1) is 0 Å². The molecule has 2 heteroatoms. The molecule has 0 aromatic heterocycles. The summed E-state index contributed by atoms with van der Waals surface area (Å²) < 4.78 is 0. The van der Waals surface area contributed by atoms with Gasteiger partial charge in [0.1, 0.15) is 0 Å². The van der Waals surface area contributed by atoms with E-state index in [1.54, 1.807) is 0 Å². The summed E-state index contributed by atoms with van der Waals surface area (Å²) >= 11 is 0. The first-order chi connectivity index (χ1) is 6.81. The highest BCUT2D eigenvalue weighted by Gasteiger charge is 1.98. The standard InChI is InChI=1S/C12H27NO/c1-2-3-4-5-6-7-8-9-10-12(13)11-14/h12,14H,2-11,13H2,1H3. The second-order valence-corrected chi connectivity index (χ2v) is 4.21. The Kier molecular flexibility index (Phi) is 10.9. The molecule has 0 bridgehead atoms. The van der Waals surface area contributed by atoms with E-state index in [4.69, 9.17) is 10.8 Å². The van der Waals surface area contributed by atoms with Crippen LogP contribution < -0.4 is 5.73 Å². The molecule has 1 unspecified atom stereocenters. The van der Waals surface area contributed by atoms with Gasteiger partial charge in [-0.3, -0.25) is 0 Å². The largest absolute Gasteiger partial charge is 0.395 e. The van der Waals surface area contributed by atoms with Crippen molar-refractivity contribution < 1.29 is 5.11 Å². The van der Waals surface area contributed by atoms with E-state index in [0.29, 0.717) is 0 Å². The molecule has 0 rings (SSSR count). The summed E-state index contributed by atoms with van der Waals surface area (Å²) in [5, 5.41) is 8.71. The first-order valence-corrected chi connectivity index (χ1v) is 6.17. The van der Waals surface area contributed by atoms with Crippen LogP contribution in [-0.2, 0) is 0 Å². The molecule has 0 saturated carbocycles. The Labute approximate surface area is 88.9 Å². The van der Waals surface area contributed by atoms with Gasteiger partial charge in [0.05, 0.1) is 6.61 Å². The van der Waals surface area contributed by atoms with E-state index in [1.165, 1.54) is 51.4 Å². The Hall–Kier alpha value is -0.0800. The van der Waals surface area contributed by atoms with Crippen LogP contribution in [0.3, 0.4) is 0 Å². The molecular formula is C12H27NO. The van der Waals surface area contributed by atoms with Gasteiger partial charge in [0.15, 0.2) is 0 Å². The Morgan fingerprint density at radius 2 is 1.43 bits per heavy atom. The summed E-state index contributed by atoms with van der Waals surface area (Å²) in [6.45, 7) is 2.38. The average Bonchev–Trinajstić information content (AvgIpc) is 2.21. The van der Waals surface area contributed by atoms with E-state index >= 15 is 0 Å². The molecule has 2 nitrogen and oxygen atoms in total. The van der Waals surface area contributed by atoms with Gasteiger partial charge in [0, 0.05) is 6.04 Å². The van der Waals surface area contributed by atoms with E-state index in [0.717, 1.165) is 6.42 Å². The molecule has 0 saturated heterocycles. The third-order valence-corrected chi connectivity index (χ3v) is 2.66. The van der Waals surface area contributed by atoms with Crippen LogP contribution in [0.1, 0.15) is 64.7 Å². The van der Waals surface area contributed by atoms with Crippen LogP contribution in [0.15, 0.2) is 0 Å². The molecule has 0 spiro atoms. The molecule has 0 aromatic rings. The van der Waals surface area contributed by atoms with Crippen LogP contribution in [0.5, 0.6) is 0 Å². The monoisotopic (exact) mass is 201 g/mol. The van der Waals surface area contributed by atoms with Crippen molar-refractivity contribution >= 4 is 0 Å². The van der Waals surface area contributed by atoms with Crippen molar-refractivity contribution in [2.45, 2.75) is 70.8 Å². The lowest BCUT2D eigenvalue weighted by atomic mass is 10.1. The number of unbranched alkanes of at least 4 members (excludes halogenated alkanes) is 7. The lowest BCUT2D eigenvalue weighted by Crippen LogP contribution is -2.23. The molecule has 0 aromatic carbocycles. The zero-order valence-electron chi connectivity index (χ0n) is 9.67. The van der Waals surface area contributed by atoms with Crippen LogP contribution >= 0.6 is 0 Å². The number of rotatable bonds is 10. The summed E-state index contributed by atoms with van der Waals surface area (Å²) in [5.41, 5.74) is 5.60. The fourth-order valence-corrected chi connectivity index (χ4v) is 1.63. The van der Waals surface area contributed by atoms with E-state index in [2.05, 4.69) is 6.92 Å². The Morgan fingerprint density at radius 3 is 1.93 bits per heavy atom. The zero-order valence-corrected chi connectivity index (χ0v) is 9.67. The minimum atomic E-state index is 0.00934. The lowest BCUT2D eigenvalue weighted by Gasteiger charge is -2.06.